The van der Waals surface area contributed by atoms with Crippen LogP contribution < -0.4 is 10.1 Å². The zero-order valence-electron chi connectivity index (χ0n) is 11.9. The highest BCUT2D eigenvalue weighted by atomic mass is 16.5. The molecule has 0 saturated carbocycles. The lowest BCUT2D eigenvalue weighted by molar-refractivity contribution is 0.0951. The van der Waals surface area contributed by atoms with Crippen LogP contribution in [0.1, 0.15) is 17.3 Å². The molecule has 0 aliphatic carbocycles. The second-order valence-electron chi connectivity index (χ2n) is 4.83. The number of ether oxygens (including phenoxy) is 1. The number of amides is 1. The fourth-order valence-electron chi connectivity index (χ4n) is 1.40. The van der Waals surface area contributed by atoms with Crippen LogP contribution in [0, 0.1) is 0 Å². The second-order valence-corrected chi connectivity index (χ2v) is 4.83. The summed E-state index contributed by atoms with van der Waals surface area (Å²) < 4.78 is 5.48. The van der Waals surface area contributed by atoms with Crippen LogP contribution in [0.15, 0.2) is 36.4 Å². The average Bonchev–Trinajstić information content (AvgIpc) is 2.36. The first-order valence-electron chi connectivity index (χ1n) is 6.29. The van der Waals surface area contributed by atoms with E-state index in [1.54, 1.807) is 24.3 Å². The number of rotatable bonds is 7. The number of carbonyl (C=O) groups is 1. The highest BCUT2D eigenvalue weighted by molar-refractivity contribution is 5.94. The van der Waals surface area contributed by atoms with Crippen molar-refractivity contribution in [1.29, 1.82) is 0 Å². The number of nitrogens with one attached hydrogen (secondary N) is 1. The fraction of sp³-hybridized carbons (Fsp3) is 0.400. The minimum Gasteiger partial charge on any atom is -0.489 e. The molecule has 0 heterocycles. The van der Waals surface area contributed by atoms with Gasteiger partial charge in [-0.2, -0.15) is 0 Å². The molecule has 1 aromatic carbocycles. The summed E-state index contributed by atoms with van der Waals surface area (Å²) in [5, 5.41) is 2.86. The van der Waals surface area contributed by atoms with Crippen molar-refractivity contribution < 1.29 is 9.53 Å². The summed E-state index contributed by atoms with van der Waals surface area (Å²) in [6.45, 7) is 7.64. The van der Waals surface area contributed by atoms with E-state index in [-0.39, 0.29) is 5.91 Å². The average molecular weight is 262 g/mol. The van der Waals surface area contributed by atoms with Gasteiger partial charge in [0, 0.05) is 18.7 Å². The van der Waals surface area contributed by atoms with Gasteiger partial charge in [-0.25, -0.2) is 0 Å². The molecule has 0 saturated heterocycles. The molecule has 0 aliphatic heterocycles. The number of likely N-dealkylation sites (N-methyl/N-ethyl adjacent to an activating group) is 1. The van der Waals surface area contributed by atoms with Gasteiger partial charge in [0.25, 0.3) is 5.91 Å². The Bertz CT molecular complexity index is 424. The lowest BCUT2D eigenvalue weighted by Gasteiger charge is -2.11. The first-order chi connectivity index (χ1) is 8.99. The Morgan fingerprint density at radius 1 is 1.32 bits per heavy atom. The number of carbonyl (C=O) groups excluding carboxylic acids is 1. The Hall–Kier alpha value is -1.81. The molecule has 0 radical (unpaired) electrons. The maximum atomic E-state index is 11.8. The molecule has 104 valence electrons. The maximum Gasteiger partial charge on any atom is 0.251 e. The lowest BCUT2D eigenvalue weighted by Crippen LogP contribution is -2.31. The molecule has 0 aliphatic rings. The molecule has 4 nitrogen and oxygen atoms in total. The van der Waals surface area contributed by atoms with E-state index in [9.17, 15) is 4.79 Å². The Balaban J connectivity index is 2.46. The van der Waals surface area contributed by atoms with Gasteiger partial charge in [-0.05, 0) is 50.9 Å². The summed E-state index contributed by atoms with van der Waals surface area (Å²) >= 11 is 0. The van der Waals surface area contributed by atoms with Crippen molar-refractivity contribution >= 4 is 5.91 Å². The minimum atomic E-state index is -0.0618. The largest absolute Gasteiger partial charge is 0.489 e. The Morgan fingerprint density at radius 2 is 1.95 bits per heavy atom. The summed E-state index contributed by atoms with van der Waals surface area (Å²) in [6.07, 6.45) is 0. The molecule has 0 aromatic heterocycles. The van der Waals surface area contributed by atoms with Crippen LogP contribution in [0.25, 0.3) is 0 Å². The number of hydrogen-bond acceptors (Lipinski definition) is 3. The SMILES string of the molecule is C=C(C)COc1ccc(C(=O)NCCN(C)C)cc1. The quantitative estimate of drug-likeness (QED) is 0.763. The van der Waals surface area contributed by atoms with E-state index in [2.05, 4.69) is 11.9 Å². The smallest absolute Gasteiger partial charge is 0.251 e. The molecule has 1 amide bonds. The van der Waals surface area contributed by atoms with Gasteiger partial charge in [0.1, 0.15) is 12.4 Å². The van der Waals surface area contributed by atoms with Crippen LogP contribution in [-0.4, -0.2) is 44.6 Å². The predicted molar refractivity (Wildman–Crippen MR) is 77.6 cm³/mol. The van der Waals surface area contributed by atoms with Crippen molar-refractivity contribution in [1.82, 2.24) is 10.2 Å². The summed E-state index contributed by atoms with van der Waals surface area (Å²) in [5.41, 5.74) is 1.60. The van der Waals surface area contributed by atoms with E-state index in [1.165, 1.54) is 0 Å². The van der Waals surface area contributed by atoms with Crippen LogP contribution in [0.4, 0.5) is 0 Å². The van der Waals surface area contributed by atoms with Crippen molar-refractivity contribution in [2.24, 2.45) is 0 Å². The molecule has 0 fully saturated rings. The molecule has 1 aromatic rings. The molecular formula is C15H22N2O2. The third kappa shape index (κ3) is 6.06. The van der Waals surface area contributed by atoms with Gasteiger partial charge >= 0.3 is 0 Å². The first-order valence-corrected chi connectivity index (χ1v) is 6.29. The van der Waals surface area contributed by atoms with Crippen LogP contribution in [0.5, 0.6) is 5.75 Å². The van der Waals surface area contributed by atoms with E-state index in [0.29, 0.717) is 18.7 Å². The van der Waals surface area contributed by atoms with E-state index in [4.69, 9.17) is 4.74 Å². The van der Waals surface area contributed by atoms with E-state index >= 15 is 0 Å². The van der Waals surface area contributed by atoms with Gasteiger partial charge in [0.2, 0.25) is 0 Å². The molecule has 1 rings (SSSR count). The molecule has 0 atom stereocenters. The lowest BCUT2D eigenvalue weighted by atomic mass is 10.2. The van der Waals surface area contributed by atoms with Gasteiger partial charge in [-0.3, -0.25) is 4.79 Å². The third-order valence-electron chi connectivity index (χ3n) is 2.45. The monoisotopic (exact) mass is 262 g/mol. The zero-order valence-corrected chi connectivity index (χ0v) is 11.9. The summed E-state index contributed by atoms with van der Waals surface area (Å²) in [7, 11) is 3.94. The molecule has 1 N–H and O–H groups in total. The molecule has 0 spiro atoms. The van der Waals surface area contributed by atoms with Crippen molar-refractivity contribution in [3.8, 4) is 5.75 Å². The van der Waals surface area contributed by atoms with Crippen LogP contribution in [-0.2, 0) is 0 Å². The Kier molecular flexibility index (Phi) is 6.09. The molecule has 0 unspecified atom stereocenters. The normalized spacial score (nSPS) is 10.3. The van der Waals surface area contributed by atoms with Gasteiger partial charge in [0.15, 0.2) is 0 Å². The first kappa shape index (κ1) is 15.2. The number of benzene rings is 1. The summed E-state index contributed by atoms with van der Waals surface area (Å²) in [4.78, 5) is 13.8. The minimum absolute atomic E-state index is 0.0618. The standard InChI is InChI=1S/C15H22N2O2/c1-12(2)11-19-14-7-5-13(6-8-14)15(18)16-9-10-17(3)4/h5-8H,1,9-11H2,2-4H3,(H,16,18). The van der Waals surface area contributed by atoms with Crippen LogP contribution >= 0.6 is 0 Å². The molecule has 19 heavy (non-hydrogen) atoms. The summed E-state index contributed by atoms with van der Waals surface area (Å²) in [6, 6.07) is 7.12. The topological polar surface area (TPSA) is 41.6 Å². The summed E-state index contributed by atoms with van der Waals surface area (Å²) in [5.74, 6) is 0.682. The fourth-order valence-corrected chi connectivity index (χ4v) is 1.40. The Labute approximate surface area is 115 Å². The maximum absolute atomic E-state index is 11.8. The van der Waals surface area contributed by atoms with E-state index in [1.807, 2.05) is 25.9 Å². The van der Waals surface area contributed by atoms with Crippen molar-refractivity contribution in [2.45, 2.75) is 6.92 Å². The van der Waals surface area contributed by atoms with E-state index < -0.39 is 0 Å². The van der Waals surface area contributed by atoms with Crippen molar-refractivity contribution in [2.75, 3.05) is 33.8 Å². The molecule has 4 heteroatoms. The Morgan fingerprint density at radius 3 is 2.47 bits per heavy atom. The number of hydrogen-bond donors (Lipinski definition) is 1. The van der Waals surface area contributed by atoms with Crippen molar-refractivity contribution in [3.63, 3.8) is 0 Å². The third-order valence-corrected chi connectivity index (χ3v) is 2.45. The highest BCUT2D eigenvalue weighted by Crippen LogP contribution is 2.12. The number of nitrogens with zero attached hydrogens (tertiary/aromatic N) is 1. The zero-order chi connectivity index (χ0) is 14.3. The van der Waals surface area contributed by atoms with Crippen molar-refractivity contribution in [3.05, 3.63) is 42.0 Å². The predicted octanol–water partition coefficient (Wildman–Crippen LogP) is 1.93. The molecular weight excluding hydrogens is 240 g/mol. The highest BCUT2D eigenvalue weighted by Gasteiger charge is 2.05. The van der Waals surface area contributed by atoms with E-state index in [0.717, 1.165) is 17.9 Å². The van der Waals surface area contributed by atoms with Gasteiger partial charge in [-0.15, -0.1) is 0 Å². The van der Waals surface area contributed by atoms with Gasteiger partial charge in [-0.1, -0.05) is 6.58 Å². The van der Waals surface area contributed by atoms with Crippen LogP contribution in [0.3, 0.4) is 0 Å². The second kappa shape index (κ2) is 7.59. The molecule has 0 bridgehead atoms. The van der Waals surface area contributed by atoms with Crippen LogP contribution in [0.2, 0.25) is 0 Å². The van der Waals surface area contributed by atoms with Gasteiger partial charge < -0.3 is 15.0 Å². The van der Waals surface area contributed by atoms with Gasteiger partial charge in [0.05, 0.1) is 0 Å².